The highest BCUT2D eigenvalue weighted by atomic mass is 16.5. The van der Waals surface area contributed by atoms with Gasteiger partial charge in [-0.1, -0.05) is 6.92 Å². The first-order valence-corrected chi connectivity index (χ1v) is 5.30. The summed E-state index contributed by atoms with van der Waals surface area (Å²) < 4.78 is 5.49. The normalized spacial score (nSPS) is 17.1. The molecule has 1 heterocycles. The first kappa shape index (κ1) is 13.0. The molecule has 0 radical (unpaired) electrons. The summed E-state index contributed by atoms with van der Waals surface area (Å²) in [6, 6.07) is -0.0494. The Balaban J connectivity index is 2.75. The Hall–Kier alpha value is -1.05. The molecule has 2 unspecified atom stereocenters. The number of methoxy groups -OCH3 is 1. The van der Waals surface area contributed by atoms with E-state index >= 15 is 0 Å². The SMILES string of the molecule is CCC(C)(OC)C(Cc1nnn(C)n1)NN. The van der Waals surface area contributed by atoms with Crippen LogP contribution in [0.5, 0.6) is 0 Å². The van der Waals surface area contributed by atoms with Crippen molar-refractivity contribution in [3.05, 3.63) is 5.82 Å². The number of aryl methyl sites for hydroxylation is 1. The van der Waals surface area contributed by atoms with Crippen molar-refractivity contribution in [1.82, 2.24) is 25.6 Å². The second-order valence-electron chi connectivity index (χ2n) is 3.99. The average molecular weight is 228 g/mol. The fourth-order valence-corrected chi connectivity index (χ4v) is 1.57. The van der Waals surface area contributed by atoms with Crippen molar-refractivity contribution in [1.29, 1.82) is 0 Å². The van der Waals surface area contributed by atoms with Gasteiger partial charge in [0.25, 0.3) is 0 Å². The minimum atomic E-state index is -0.339. The molecule has 0 aliphatic carbocycles. The molecular formula is C9H20N6O. The Morgan fingerprint density at radius 1 is 1.62 bits per heavy atom. The molecular weight excluding hydrogens is 208 g/mol. The molecule has 7 nitrogen and oxygen atoms in total. The van der Waals surface area contributed by atoms with Crippen molar-refractivity contribution in [2.75, 3.05) is 7.11 Å². The molecule has 1 aromatic heterocycles. The molecule has 0 saturated heterocycles. The van der Waals surface area contributed by atoms with Crippen LogP contribution in [0, 0.1) is 0 Å². The van der Waals surface area contributed by atoms with E-state index in [1.165, 1.54) is 4.80 Å². The Morgan fingerprint density at radius 3 is 2.69 bits per heavy atom. The lowest BCUT2D eigenvalue weighted by molar-refractivity contribution is -0.0293. The predicted molar refractivity (Wildman–Crippen MR) is 59.3 cm³/mol. The molecule has 0 aromatic carbocycles. The molecule has 0 fully saturated rings. The van der Waals surface area contributed by atoms with E-state index in [0.29, 0.717) is 12.2 Å². The fourth-order valence-electron chi connectivity index (χ4n) is 1.57. The maximum absolute atomic E-state index is 5.55. The zero-order valence-electron chi connectivity index (χ0n) is 10.3. The van der Waals surface area contributed by atoms with E-state index in [0.717, 1.165) is 6.42 Å². The van der Waals surface area contributed by atoms with Gasteiger partial charge in [-0.05, 0) is 18.6 Å². The fraction of sp³-hybridized carbons (Fsp3) is 0.889. The molecule has 16 heavy (non-hydrogen) atoms. The van der Waals surface area contributed by atoms with Crippen molar-refractivity contribution in [2.45, 2.75) is 38.3 Å². The van der Waals surface area contributed by atoms with E-state index in [9.17, 15) is 0 Å². The number of nitrogens with one attached hydrogen (secondary N) is 1. The molecule has 1 rings (SSSR count). The van der Waals surface area contributed by atoms with Crippen LogP contribution in [-0.2, 0) is 18.2 Å². The van der Waals surface area contributed by atoms with Crippen LogP contribution in [0.2, 0.25) is 0 Å². The largest absolute Gasteiger partial charge is 0.377 e. The smallest absolute Gasteiger partial charge is 0.176 e. The quantitative estimate of drug-likeness (QED) is 0.499. The first-order valence-electron chi connectivity index (χ1n) is 5.30. The number of aromatic nitrogens is 4. The minimum absolute atomic E-state index is 0.0494. The second kappa shape index (κ2) is 5.33. The molecule has 0 aliphatic heterocycles. The van der Waals surface area contributed by atoms with Crippen LogP contribution in [0.1, 0.15) is 26.1 Å². The molecule has 0 amide bonds. The highest BCUT2D eigenvalue weighted by molar-refractivity contribution is 4.94. The topological polar surface area (TPSA) is 90.9 Å². The summed E-state index contributed by atoms with van der Waals surface area (Å²) in [7, 11) is 3.41. The lowest BCUT2D eigenvalue weighted by Gasteiger charge is -2.34. The van der Waals surface area contributed by atoms with E-state index in [1.54, 1.807) is 14.2 Å². The van der Waals surface area contributed by atoms with Crippen LogP contribution < -0.4 is 11.3 Å². The van der Waals surface area contributed by atoms with Gasteiger partial charge in [-0.15, -0.1) is 10.2 Å². The second-order valence-corrected chi connectivity index (χ2v) is 3.99. The van der Waals surface area contributed by atoms with Gasteiger partial charge < -0.3 is 4.74 Å². The van der Waals surface area contributed by atoms with Crippen LogP contribution in [0.3, 0.4) is 0 Å². The van der Waals surface area contributed by atoms with Gasteiger partial charge in [-0.3, -0.25) is 11.3 Å². The number of ether oxygens (including phenoxy) is 1. The van der Waals surface area contributed by atoms with Gasteiger partial charge in [0.2, 0.25) is 0 Å². The standard InChI is InChI=1S/C9H20N6O/c1-5-9(2,16-4)7(11-10)6-8-12-14-15(3)13-8/h7,11H,5-6,10H2,1-4H3. The Labute approximate surface area is 95.3 Å². The van der Waals surface area contributed by atoms with Gasteiger partial charge in [0, 0.05) is 13.5 Å². The first-order chi connectivity index (χ1) is 7.55. The number of tetrazole rings is 1. The van der Waals surface area contributed by atoms with Crippen LogP contribution in [-0.4, -0.2) is 39.0 Å². The number of nitrogens with two attached hydrogens (primary N) is 1. The average Bonchev–Trinajstić information content (AvgIpc) is 2.70. The van der Waals surface area contributed by atoms with Crippen LogP contribution in [0.4, 0.5) is 0 Å². The Morgan fingerprint density at radius 2 is 2.31 bits per heavy atom. The molecule has 0 bridgehead atoms. The van der Waals surface area contributed by atoms with E-state index < -0.39 is 0 Å². The maximum atomic E-state index is 5.55. The molecule has 7 heteroatoms. The Kier molecular flexibility index (Phi) is 4.34. The molecule has 0 saturated carbocycles. The highest BCUT2D eigenvalue weighted by Crippen LogP contribution is 2.20. The summed E-state index contributed by atoms with van der Waals surface area (Å²) in [5.74, 6) is 6.21. The third kappa shape index (κ3) is 2.75. The number of hydrogen-bond acceptors (Lipinski definition) is 6. The number of hydrazine groups is 1. The van der Waals surface area contributed by atoms with Crippen molar-refractivity contribution >= 4 is 0 Å². The molecule has 3 N–H and O–H groups in total. The summed E-state index contributed by atoms with van der Waals surface area (Å²) in [6.45, 7) is 4.06. The predicted octanol–water partition coefficient (Wildman–Crippen LogP) is -0.600. The van der Waals surface area contributed by atoms with E-state index in [-0.39, 0.29) is 11.6 Å². The third-order valence-corrected chi connectivity index (χ3v) is 3.04. The molecule has 92 valence electrons. The van der Waals surface area contributed by atoms with Crippen LogP contribution in [0.25, 0.3) is 0 Å². The van der Waals surface area contributed by atoms with E-state index in [4.69, 9.17) is 10.6 Å². The van der Waals surface area contributed by atoms with Crippen molar-refractivity contribution < 1.29 is 4.74 Å². The summed E-state index contributed by atoms with van der Waals surface area (Å²) in [5, 5.41) is 11.8. The highest BCUT2D eigenvalue weighted by Gasteiger charge is 2.32. The van der Waals surface area contributed by atoms with Crippen LogP contribution >= 0.6 is 0 Å². The summed E-state index contributed by atoms with van der Waals surface area (Å²) in [6.07, 6.45) is 1.43. The summed E-state index contributed by atoms with van der Waals surface area (Å²) in [5.41, 5.74) is 2.42. The maximum Gasteiger partial charge on any atom is 0.176 e. The van der Waals surface area contributed by atoms with Crippen LogP contribution in [0.15, 0.2) is 0 Å². The van der Waals surface area contributed by atoms with Crippen molar-refractivity contribution in [3.63, 3.8) is 0 Å². The van der Waals surface area contributed by atoms with Gasteiger partial charge in [0.05, 0.1) is 18.7 Å². The van der Waals surface area contributed by atoms with Gasteiger partial charge >= 0.3 is 0 Å². The number of hydrogen-bond donors (Lipinski definition) is 2. The van der Waals surface area contributed by atoms with Gasteiger partial charge in [0.15, 0.2) is 5.82 Å². The minimum Gasteiger partial charge on any atom is -0.377 e. The van der Waals surface area contributed by atoms with E-state index in [2.05, 4.69) is 27.8 Å². The van der Waals surface area contributed by atoms with Gasteiger partial charge in [-0.2, -0.15) is 4.80 Å². The number of nitrogens with zero attached hydrogens (tertiary/aromatic N) is 4. The molecule has 0 spiro atoms. The molecule has 2 atom stereocenters. The monoisotopic (exact) mass is 228 g/mol. The molecule has 1 aromatic rings. The lowest BCUT2D eigenvalue weighted by atomic mass is 9.91. The van der Waals surface area contributed by atoms with Gasteiger partial charge in [-0.25, -0.2) is 0 Å². The van der Waals surface area contributed by atoms with Crippen molar-refractivity contribution in [3.8, 4) is 0 Å². The van der Waals surface area contributed by atoms with Crippen molar-refractivity contribution in [2.24, 2.45) is 12.9 Å². The Bertz CT molecular complexity index is 322. The lowest BCUT2D eigenvalue weighted by Crippen LogP contribution is -2.53. The number of rotatable bonds is 6. The molecule has 0 aliphatic rings. The third-order valence-electron chi connectivity index (χ3n) is 3.04. The summed E-state index contributed by atoms with van der Waals surface area (Å²) >= 11 is 0. The summed E-state index contributed by atoms with van der Waals surface area (Å²) in [4.78, 5) is 1.43. The van der Waals surface area contributed by atoms with E-state index in [1.807, 2.05) is 6.92 Å². The zero-order chi connectivity index (χ0) is 12.2. The van der Waals surface area contributed by atoms with Gasteiger partial charge in [0.1, 0.15) is 0 Å². The zero-order valence-corrected chi connectivity index (χ0v) is 10.3.